The zero-order chi connectivity index (χ0) is 12.8. The molecule has 0 saturated heterocycles. The van der Waals surface area contributed by atoms with Gasteiger partial charge in [0.25, 0.3) is 5.56 Å². The Morgan fingerprint density at radius 3 is 2.59 bits per heavy atom. The third-order valence-corrected chi connectivity index (χ3v) is 2.30. The molecule has 0 unspecified atom stereocenters. The molecule has 0 aromatic carbocycles. The van der Waals surface area contributed by atoms with Crippen molar-refractivity contribution in [2.24, 2.45) is 0 Å². The molecule has 1 aromatic rings. The number of nitrogens with one attached hydrogen (secondary N) is 2. The molecule has 1 heterocycles. The molecule has 1 aromatic heterocycles. The lowest BCUT2D eigenvalue weighted by Gasteiger charge is -2.04. The minimum Gasteiger partial charge on any atom is -0.466 e. The second-order valence-corrected chi connectivity index (χ2v) is 3.73. The van der Waals surface area contributed by atoms with Gasteiger partial charge < -0.3 is 9.72 Å². The van der Waals surface area contributed by atoms with Gasteiger partial charge in [0.2, 0.25) is 0 Å². The van der Waals surface area contributed by atoms with Crippen LogP contribution in [0.2, 0.25) is 0 Å². The van der Waals surface area contributed by atoms with Gasteiger partial charge in [0.15, 0.2) is 0 Å². The number of carbonyl (C=O) groups is 1. The lowest BCUT2D eigenvalue weighted by molar-refractivity contribution is -0.143. The Hall–Kier alpha value is -1.85. The maximum absolute atomic E-state index is 11.5. The molecule has 6 heteroatoms. The van der Waals surface area contributed by atoms with E-state index in [1.54, 1.807) is 6.92 Å². The van der Waals surface area contributed by atoms with Crippen LogP contribution in [0.4, 0.5) is 0 Å². The van der Waals surface area contributed by atoms with Crippen molar-refractivity contribution in [1.29, 1.82) is 0 Å². The summed E-state index contributed by atoms with van der Waals surface area (Å²) in [7, 11) is 0. The lowest BCUT2D eigenvalue weighted by atomic mass is 10.1. The van der Waals surface area contributed by atoms with Crippen molar-refractivity contribution in [1.82, 2.24) is 9.97 Å². The number of hydrogen-bond acceptors (Lipinski definition) is 4. The van der Waals surface area contributed by atoms with E-state index in [1.165, 1.54) is 0 Å². The summed E-state index contributed by atoms with van der Waals surface area (Å²) in [6.45, 7) is 3.92. The van der Waals surface area contributed by atoms with Crippen LogP contribution in [0.1, 0.15) is 31.0 Å². The number of aryl methyl sites for hydroxylation is 1. The van der Waals surface area contributed by atoms with E-state index in [4.69, 9.17) is 4.74 Å². The van der Waals surface area contributed by atoms with Gasteiger partial charge in [-0.15, -0.1) is 0 Å². The van der Waals surface area contributed by atoms with E-state index in [9.17, 15) is 14.4 Å². The molecule has 0 amide bonds. The number of rotatable bonds is 5. The zero-order valence-electron chi connectivity index (χ0n) is 9.96. The number of hydrogen-bond donors (Lipinski definition) is 2. The van der Waals surface area contributed by atoms with E-state index < -0.39 is 11.2 Å². The Balaban J connectivity index is 2.67. The Bertz CT molecular complexity index is 501. The van der Waals surface area contributed by atoms with Gasteiger partial charge in [-0.3, -0.25) is 14.6 Å². The largest absolute Gasteiger partial charge is 0.466 e. The molecule has 0 aliphatic rings. The van der Waals surface area contributed by atoms with Crippen molar-refractivity contribution in [3.63, 3.8) is 0 Å². The second-order valence-electron chi connectivity index (χ2n) is 3.73. The summed E-state index contributed by atoms with van der Waals surface area (Å²) in [5, 5.41) is 0. The van der Waals surface area contributed by atoms with E-state index in [1.807, 2.05) is 6.92 Å². The van der Waals surface area contributed by atoms with E-state index in [0.717, 1.165) is 6.42 Å². The molecule has 94 valence electrons. The summed E-state index contributed by atoms with van der Waals surface area (Å²) in [6, 6.07) is 0. The predicted octanol–water partition coefficient (Wildman–Crippen LogP) is 0.257. The maximum atomic E-state index is 11.5. The third kappa shape index (κ3) is 3.90. The maximum Gasteiger partial charge on any atom is 0.325 e. The van der Waals surface area contributed by atoms with Gasteiger partial charge in [0, 0.05) is 17.7 Å². The average molecular weight is 240 g/mol. The number of aromatic nitrogens is 2. The highest BCUT2D eigenvalue weighted by molar-refractivity contribution is 5.69. The Labute approximate surface area is 98.0 Å². The SMILES string of the molecule is CCCOC(=O)CCc1c(C)[nH]c(=O)[nH]c1=O. The lowest BCUT2D eigenvalue weighted by Crippen LogP contribution is -2.27. The molecule has 0 fully saturated rings. The van der Waals surface area contributed by atoms with E-state index >= 15 is 0 Å². The normalized spacial score (nSPS) is 10.2. The van der Waals surface area contributed by atoms with Gasteiger partial charge in [-0.1, -0.05) is 6.92 Å². The van der Waals surface area contributed by atoms with E-state index in [-0.39, 0.29) is 18.8 Å². The summed E-state index contributed by atoms with van der Waals surface area (Å²) in [5.74, 6) is -0.336. The summed E-state index contributed by atoms with van der Waals surface area (Å²) in [5.41, 5.74) is -0.0839. The first kappa shape index (κ1) is 13.2. The summed E-state index contributed by atoms with van der Waals surface area (Å²) >= 11 is 0. The molecule has 0 spiro atoms. The molecule has 0 atom stereocenters. The van der Waals surface area contributed by atoms with Gasteiger partial charge in [-0.2, -0.15) is 0 Å². The second kappa shape index (κ2) is 6.03. The van der Waals surface area contributed by atoms with Crippen molar-refractivity contribution in [3.8, 4) is 0 Å². The number of carbonyl (C=O) groups excluding carboxylic acids is 1. The number of ether oxygens (including phenoxy) is 1. The van der Waals surface area contributed by atoms with Crippen LogP contribution < -0.4 is 11.2 Å². The molecule has 0 radical (unpaired) electrons. The van der Waals surface area contributed by atoms with Crippen molar-refractivity contribution >= 4 is 5.97 Å². The standard InChI is InChI=1S/C11H16N2O4/c1-3-6-17-9(14)5-4-8-7(2)12-11(16)13-10(8)15/h3-6H2,1-2H3,(H2,12,13,15,16). The first-order chi connectivity index (χ1) is 8.04. The number of esters is 1. The van der Waals surface area contributed by atoms with Crippen molar-refractivity contribution < 1.29 is 9.53 Å². The quantitative estimate of drug-likeness (QED) is 0.722. The van der Waals surface area contributed by atoms with Gasteiger partial charge >= 0.3 is 11.7 Å². The summed E-state index contributed by atoms with van der Waals surface area (Å²) < 4.78 is 4.89. The van der Waals surface area contributed by atoms with Crippen LogP contribution in [0.15, 0.2) is 9.59 Å². The summed E-state index contributed by atoms with van der Waals surface area (Å²) in [6.07, 6.45) is 1.17. The molecule has 0 aliphatic carbocycles. The fraction of sp³-hybridized carbons (Fsp3) is 0.545. The molecule has 2 N–H and O–H groups in total. The predicted molar refractivity (Wildman–Crippen MR) is 62.0 cm³/mol. The van der Waals surface area contributed by atoms with Gasteiger partial charge in [-0.05, 0) is 19.8 Å². The van der Waals surface area contributed by atoms with Gasteiger partial charge in [0.05, 0.1) is 6.61 Å². The third-order valence-electron chi connectivity index (χ3n) is 2.30. The highest BCUT2D eigenvalue weighted by atomic mass is 16.5. The minimum atomic E-state index is -0.537. The Morgan fingerprint density at radius 2 is 2.00 bits per heavy atom. The molecule has 17 heavy (non-hydrogen) atoms. The van der Waals surface area contributed by atoms with Crippen molar-refractivity contribution in [3.05, 3.63) is 32.1 Å². The molecule has 6 nitrogen and oxygen atoms in total. The molecular formula is C11H16N2O4. The highest BCUT2D eigenvalue weighted by Gasteiger charge is 2.09. The van der Waals surface area contributed by atoms with Gasteiger partial charge in [0.1, 0.15) is 0 Å². The number of H-pyrrole nitrogens is 2. The van der Waals surface area contributed by atoms with Crippen LogP contribution in [0, 0.1) is 6.92 Å². The van der Waals surface area contributed by atoms with Gasteiger partial charge in [-0.25, -0.2) is 4.79 Å². The molecular weight excluding hydrogens is 224 g/mol. The summed E-state index contributed by atoms with van der Waals surface area (Å²) in [4.78, 5) is 38.3. The van der Waals surface area contributed by atoms with Crippen molar-refractivity contribution in [2.75, 3.05) is 6.61 Å². The Kier molecular flexibility index (Phi) is 4.68. The molecule has 0 saturated carbocycles. The zero-order valence-corrected chi connectivity index (χ0v) is 9.96. The number of aromatic amines is 2. The van der Waals surface area contributed by atoms with Crippen molar-refractivity contribution in [2.45, 2.75) is 33.1 Å². The van der Waals surface area contributed by atoms with Crippen LogP contribution in [0.5, 0.6) is 0 Å². The topological polar surface area (TPSA) is 92.0 Å². The van der Waals surface area contributed by atoms with E-state index in [2.05, 4.69) is 9.97 Å². The molecule has 0 bridgehead atoms. The first-order valence-corrected chi connectivity index (χ1v) is 5.52. The van der Waals surface area contributed by atoms with Crippen LogP contribution >= 0.6 is 0 Å². The Morgan fingerprint density at radius 1 is 1.29 bits per heavy atom. The average Bonchev–Trinajstić information content (AvgIpc) is 2.24. The van der Waals surface area contributed by atoms with Crippen LogP contribution in [0.3, 0.4) is 0 Å². The molecule has 0 aliphatic heterocycles. The monoisotopic (exact) mass is 240 g/mol. The smallest absolute Gasteiger partial charge is 0.325 e. The van der Waals surface area contributed by atoms with Crippen LogP contribution in [-0.2, 0) is 16.0 Å². The van der Waals surface area contributed by atoms with E-state index in [0.29, 0.717) is 17.9 Å². The van der Waals surface area contributed by atoms with Crippen LogP contribution in [-0.4, -0.2) is 22.5 Å². The highest BCUT2D eigenvalue weighted by Crippen LogP contribution is 2.01. The fourth-order valence-corrected chi connectivity index (χ4v) is 1.44. The molecule has 1 rings (SSSR count). The first-order valence-electron chi connectivity index (χ1n) is 5.52. The van der Waals surface area contributed by atoms with Crippen LogP contribution in [0.25, 0.3) is 0 Å². The fourth-order valence-electron chi connectivity index (χ4n) is 1.44. The minimum absolute atomic E-state index is 0.135.